The minimum absolute atomic E-state index is 0.0210. The molecule has 1 atom stereocenters. The molecule has 0 spiro atoms. The third-order valence-corrected chi connectivity index (χ3v) is 6.22. The van der Waals surface area contributed by atoms with E-state index >= 15 is 0 Å². The van der Waals surface area contributed by atoms with Crippen LogP contribution in [0.2, 0.25) is 0 Å². The smallest absolute Gasteiger partial charge is 0.295 e. The lowest BCUT2D eigenvalue weighted by molar-refractivity contribution is -0.907. The minimum atomic E-state index is -0.744. The molecule has 0 radical (unpaired) electrons. The Kier molecular flexibility index (Phi) is 6.96. The number of hydrogen-bond acceptors (Lipinski definition) is 6. The van der Waals surface area contributed by atoms with E-state index < -0.39 is 23.5 Å². The van der Waals surface area contributed by atoms with Crippen molar-refractivity contribution in [2.75, 3.05) is 53.6 Å². The Labute approximate surface area is 193 Å². The minimum Gasteiger partial charge on any atom is -0.872 e. The van der Waals surface area contributed by atoms with E-state index in [1.54, 1.807) is 62.8 Å². The number of benzene rings is 2. The van der Waals surface area contributed by atoms with Crippen LogP contribution in [-0.2, 0) is 14.3 Å². The van der Waals surface area contributed by atoms with Gasteiger partial charge in [-0.05, 0) is 35.4 Å². The van der Waals surface area contributed by atoms with E-state index in [2.05, 4.69) is 0 Å². The van der Waals surface area contributed by atoms with E-state index in [-0.39, 0.29) is 5.57 Å². The van der Waals surface area contributed by atoms with Crippen LogP contribution in [-0.4, -0.2) is 70.2 Å². The first-order valence-electron chi connectivity index (χ1n) is 11.0. The number of likely N-dealkylation sites (tertiary alicyclic amines) is 1. The van der Waals surface area contributed by atoms with E-state index in [0.717, 1.165) is 13.1 Å². The SMILES string of the molecule is COc1ccc(C([O-])=C2C(=O)C(=O)N(CC[NH+]3CCOCC3)C2c2ccc(OC)cc2)cc1. The Hall–Kier alpha value is -3.36. The molecule has 8 heteroatoms. The van der Waals surface area contributed by atoms with Crippen molar-refractivity contribution >= 4 is 17.4 Å². The number of carbonyl (C=O) groups is 2. The number of Topliss-reactive ketones (excluding diaryl/α,β-unsaturated/α-hetero) is 1. The largest absolute Gasteiger partial charge is 0.872 e. The lowest BCUT2D eigenvalue weighted by Crippen LogP contribution is -3.14. The molecule has 2 aromatic rings. The molecule has 2 heterocycles. The molecule has 0 aromatic heterocycles. The number of carbonyl (C=O) groups excluding carboxylic acids is 2. The predicted octanol–water partition coefficient (Wildman–Crippen LogP) is -0.157. The van der Waals surface area contributed by atoms with Crippen molar-refractivity contribution in [3.05, 3.63) is 65.2 Å². The van der Waals surface area contributed by atoms with Crippen molar-refractivity contribution in [3.63, 3.8) is 0 Å². The number of methoxy groups -OCH3 is 2. The number of ketones is 1. The molecule has 0 aliphatic carbocycles. The Balaban J connectivity index is 1.72. The molecular weight excluding hydrogens is 424 g/mol. The highest BCUT2D eigenvalue weighted by Gasteiger charge is 2.44. The normalized spacial score (nSPS) is 20.8. The number of rotatable bonds is 7. The molecule has 2 aromatic carbocycles. The summed E-state index contributed by atoms with van der Waals surface area (Å²) in [5.74, 6) is -0.569. The molecule has 33 heavy (non-hydrogen) atoms. The van der Waals surface area contributed by atoms with Crippen molar-refractivity contribution in [3.8, 4) is 11.5 Å². The predicted molar refractivity (Wildman–Crippen MR) is 119 cm³/mol. The van der Waals surface area contributed by atoms with Crippen molar-refractivity contribution in [2.24, 2.45) is 0 Å². The highest BCUT2D eigenvalue weighted by atomic mass is 16.5. The number of ether oxygens (including phenoxy) is 3. The number of morpholine rings is 1. The van der Waals surface area contributed by atoms with Crippen LogP contribution < -0.4 is 19.5 Å². The van der Waals surface area contributed by atoms with Gasteiger partial charge in [-0.3, -0.25) is 9.59 Å². The van der Waals surface area contributed by atoms with E-state index in [1.807, 2.05) is 0 Å². The summed E-state index contributed by atoms with van der Waals surface area (Å²) in [4.78, 5) is 29.0. The number of nitrogens with one attached hydrogen (secondary N) is 1. The van der Waals surface area contributed by atoms with Crippen LogP contribution in [0.5, 0.6) is 11.5 Å². The Morgan fingerprint density at radius 1 is 1.00 bits per heavy atom. The third-order valence-electron chi connectivity index (χ3n) is 6.22. The van der Waals surface area contributed by atoms with Gasteiger partial charge in [-0.25, -0.2) is 0 Å². The van der Waals surface area contributed by atoms with E-state index in [1.165, 1.54) is 9.80 Å². The summed E-state index contributed by atoms with van der Waals surface area (Å²) in [5.41, 5.74) is 1.02. The second-order valence-electron chi connectivity index (χ2n) is 8.09. The van der Waals surface area contributed by atoms with Crippen molar-refractivity contribution in [1.29, 1.82) is 0 Å². The topological polar surface area (TPSA) is 92.6 Å². The van der Waals surface area contributed by atoms with Gasteiger partial charge in [0.15, 0.2) is 0 Å². The molecule has 2 fully saturated rings. The molecule has 0 bridgehead atoms. The first kappa shape index (κ1) is 22.8. The third kappa shape index (κ3) is 4.72. The summed E-state index contributed by atoms with van der Waals surface area (Å²) in [6.45, 7) is 4.11. The number of quaternary nitrogens is 1. The lowest BCUT2D eigenvalue weighted by atomic mass is 9.95. The molecule has 2 aliphatic rings. The van der Waals surface area contributed by atoms with Crippen LogP contribution in [0.4, 0.5) is 0 Å². The van der Waals surface area contributed by atoms with Crippen LogP contribution in [0, 0.1) is 0 Å². The molecule has 1 amide bonds. The van der Waals surface area contributed by atoms with Gasteiger partial charge in [0, 0.05) is 5.57 Å². The number of nitrogens with zero attached hydrogens (tertiary/aromatic N) is 1. The molecule has 8 nitrogen and oxygen atoms in total. The van der Waals surface area contributed by atoms with Crippen molar-refractivity contribution in [2.45, 2.75) is 6.04 Å². The molecule has 2 saturated heterocycles. The summed E-state index contributed by atoms with van der Waals surface area (Å²) in [5, 5.41) is 13.4. The second kappa shape index (κ2) is 10.1. The van der Waals surface area contributed by atoms with Crippen LogP contribution in [0.25, 0.3) is 5.76 Å². The summed E-state index contributed by atoms with van der Waals surface area (Å²) in [6, 6.07) is 12.9. The Bertz CT molecular complexity index is 1030. The van der Waals surface area contributed by atoms with E-state index in [0.29, 0.717) is 48.9 Å². The van der Waals surface area contributed by atoms with Gasteiger partial charge >= 0.3 is 0 Å². The van der Waals surface area contributed by atoms with Crippen molar-refractivity contribution in [1.82, 2.24) is 4.90 Å². The van der Waals surface area contributed by atoms with E-state index in [4.69, 9.17) is 14.2 Å². The molecule has 2 aliphatic heterocycles. The van der Waals surface area contributed by atoms with Gasteiger partial charge in [-0.15, -0.1) is 0 Å². The van der Waals surface area contributed by atoms with E-state index in [9.17, 15) is 14.7 Å². The highest BCUT2D eigenvalue weighted by Crippen LogP contribution is 2.39. The fourth-order valence-electron chi connectivity index (χ4n) is 4.32. The maximum absolute atomic E-state index is 13.4. The van der Waals surface area contributed by atoms with Gasteiger partial charge < -0.3 is 29.1 Å². The average molecular weight is 453 g/mol. The molecule has 174 valence electrons. The van der Waals surface area contributed by atoms with Gasteiger partial charge in [0.2, 0.25) is 5.78 Å². The van der Waals surface area contributed by atoms with Gasteiger partial charge in [-0.2, -0.15) is 0 Å². The molecular formula is C25H28N2O6. The quantitative estimate of drug-likeness (QED) is 0.357. The monoisotopic (exact) mass is 452 g/mol. The fraction of sp³-hybridized carbons (Fsp3) is 0.360. The van der Waals surface area contributed by atoms with Gasteiger partial charge in [0.1, 0.15) is 24.6 Å². The van der Waals surface area contributed by atoms with Crippen LogP contribution >= 0.6 is 0 Å². The molecule has 1 unspecified atom stereocenters. The summed E-state index contributed by atoms with van der Waals surface area (Å²) in [6.07, 6.45) is 0. The number of amides is 1. The van der Waals surface area contributed by atoms with Gasteiger partial charge in [0.05, 0.1) is 46.6 Å². The first-order valence-corrected chi connectivity index (χ1v) is 11.0. The van der Waals surface area contributed by atoms with Crippen molar-refractivity contribution < 1.29 is 33.8 Å². The van der Waals surface area contributed by atoms with Crippen LogP contribution in [0.1, 0.15) is 17.2 Å². The summed E-state index contributed by atoms with van der Waals surface area (Å²) >= 11 is 0. The fourth-order valence-corrected chi connectivity index (χ4v) is 4.32. The summed E-state index contributed by atoms with van der Waals surface area (Å²) in [7, 11) is 3.11. The summed E-state index contributed by atoms with van der Waals surface area (Å²) < 4.78 is 15.8. The maximum Gasteiger partial charge on any atom is 0.295 e. The highest BCUT2D eigenvalue weighted by molar-refractivity contribution is 6.46. The molecule has 4 rings (SSSR count). The molecule has 0 saturated carbocycles. The maximum atomic E-state index is 13.4. The Morgan fingerprint density at radius 2 is 1.58 bits per heavy atom. The van der Waals surface area contributed by atoms with Crippen LogP contribution in [0.3, 0.4) is 0 Å². The van der Waals surface area contributed by atoms with Gasteiger partial charge in [0.25, 0.3) is 5.91 Å². The zero-order valence-corrected chi connectivity index (χ0v) is 18.8. The zero-order valence-electron chi connectivity index (χ0n) is 18.8. The lowest BCUT2D eigenvalue weighted by Gasteiger charge is -2.30. The van der Waals surface area contributed by atoms with Gasteiger partial charge in [-0.1, -0.05) is 30.0 Å². The average Bonchev–Trinajstić information content (AvgIpc) is 3.12. The zero-order chi connectivity index (χ0) is 23.4. The Morgan fingerprint density at radius 3 is 2.15 bits per heavy atom. The standard InChI is InChI=1S/C25H28N2O6/c1-31-19-7-3-17(4-8-19)22-21(23(28)18-5-9-20(32-2)10-6-18)24(29)25(30)27(22)12-11-26-13-15-33-16-14-26/h3-10,22,28H,11-16H2,1-2H3. The second-order valence-corrected chi connectivity index (χ2v) is 8.09. The number of hydrogen-bond donors (Lipinski definition) is 1. The first-order chi connectivity index (χ1) is 16.0. The van der Waals surface area contributed by atoms with Crippen LogP contribution in [0.15, 0.2) is 54.1 Å². The molecule has 1 N–H and O–H groups in total.